The van der Waals surface area contributed by atoms with E-state index in [-0.39, 0.29) is 10.6 Å². The van der Waals surface area contributed by atoms with Gasteiger partial charge in [0.25, 0.3) is 0 Å². The van der Waals surface area contributed by atoms with Crippen molar-refractivity contribution in [3.63, 3.8) is 0 Å². The number of nitriles is 1. The Labute approximate surface area is 169 Å². The minimum absolute atomic E-state index is 0.0233. The maximum absolute atomic E-state index is 14.1. The van der Waals surface area contributed by atoms with Crippen LogP contribution in [0.5, 0.6) is 0 Å². The standard InChI is InChI=1S/C24H33ClFN/c1-2-3-4-5-17-6-8-18(9-7-17)19-10-12-20(13-11-19)21-14-23(25)22(16-27)24(26)15-21/h14-15,17-20H,2-13H2,1H3/t17-,18-,19?,20?. The van der Waals surface area contributed by atoms with Crippen molar-refractivity contribution in [1.82, 2.24) is 0 Å². The molecule has 148 valence electrons. The van der Waals surface area contributed by atoms with Gasteiger partial charge in [-0.3, -0.25) is 0 Å². The van der Waals surface area contributed by atoms with Crippen LogP contribution in [-0.4, -0.2) is 0 Å². The number of unbranched alkanes of at least 4 members (excludes halogenated alkanes) is 2. The molecule has 2 aliphatic rings. The summed E-state index contributed by atoms with van der Waals surface area (Å²) in [5.74, 6) is 2.68. The summed E-state index contributed by atoms with van der Waals surface area (Å²) in [6.07, 6.45) is 16.1. The molecule has 0 unspecified atom stereocenters. The molecule has 0 spiro atoms. The zero-order chi connectivity index (χ0) is 19.2. The van der Waals surface area contributed by atoms with Crippen LogP contribution in [0.1, 0.15) is 101 Å². The number of hydrogen-bond acceptors (Lipinski definition) is 1. The van der Waals surface area contributed by atoms with E-state index in [0.29, 0.717) is 5.92 Å². The lowest BCUT2D eigenvalue weighted by Gasteiger charge is -2.38. The third-order valence-corrected chi connectivity index (χ3v) is 7.49. The molecule has 27 heavy (non-hydrogen) atoms. The van der Waals surface area contributed by atoms with Crippen molar-refractivity contribution in [2.45, 2.75) is 89.9 Å². The summed E-state index contributed by atoms with van der Waals surface area (Å²) >= 11 is 6.10. The van der Waals surface area contributed by atoms with Gasteiger partial charge in [0, 0.05) is 0 Å². The number of benzene rings is 1. The molecule has 1 aromatic rings. The Morgan fingerprint density at radius 2 is 1.63 bits per heavy atom. The summed E-state index contributed by atoms with van der Waals surface area (Å²) in [6, 6.07) is 5.21. The Morgan fingerprint density at radius 1 is 1.00 bits per heavy atom. The van der Waals surface area contributed by atoms with E-state index in [2.05, 4.69) is 6.92 Å². The van der Waals surface area contributed by atoms with Crippen LogP contribution in [0.4, 0.5) is 4.39 Å². The second-order valence-corrected chi connectivity index (χ2v) is 9.27. The first-order chi connectivity index (χ1) is 13.1. The predicted molar refractivity (Wildman–Crippen MR) is 110 cm³/mol. The van der Waals surface area contributed by atoms with E-state index in [1.165, 1.54) is 70.3 Å². The van der Waals surface area contributed by atoms with E-state index in [1.807, 2.05) is 12.1 Å². The van der Waals surface area contributed by atoms with E-state index in [9.17, 15) is 4.39 Å². The van der Waals surface area contributed by atoms with Crippen molar-refractivity contribution in [3.05, 3.63) is 34.1 Å². The molecule has 1 aromatic carbocycles. The van der Waals surface area contributed by atoms with Crippen molar-refractivity contribution in [2.24, 2.45) is 17.8 Å². The van der Waals surface area contributed by atoms with Crippen molar-refractivity contribution >= 4 is 11.6 Å². The second kappa shape index (κ2) is 9.92. The van der Waals surface area contributed by atoms with Gasteiger partial charge >= 0.3 is 0 Å². The molecule has 2 fully saturated rings. The fraction of sp³-hybridized carbons (Fsp3) is 0.708. The second-order valence-electron chi connectivity index (χ2n) is 8.86. The molecule has 1 nitrogen and oxygen atoms in total. The van der Waals surface area contributed by atoms with Gasteiger partial charge in [-0.05, 0) is 79.9 Å². The van der Waals surface area contributed by atoms with E-state index >= 15 is 0 Å². The highest BCUT2D eigenvalue weighted by atomic mass is 35.5. The van der Waals surface area contributed by atoms with E-state index in [1.54, 1.807) is 0 Å². The van der Waals surface area contributed by atoms with Gasteiger partial charge in [0.1, 0.15) is 17.4 Å². The Hall–Kier alpha value is -1.07. The van der Waals surface area contributed by atoms with Gasteiger partial charge in [0.15, 0.2) is 0 Å². The van der Waals surface area contributed by atoms with Crippen LogP contribution in [-0.2, 0) is 0 Å². The quantitative estimate of drug-likeness (QED) is 0.452. The lowest BCUT2D eigenvalue weighted by atomic mass is 9.68. The molecule has 3 heteroatoms. The number of nitrogens with zero attached hydrogens (tertiary/aromatic N) is 1. The zero-order valence-electron chi connectivity index (χ0n) is 16.7. The number of rotatable bonds is 6. The summed E-state index contributed by atoms with van der Waals surface area (Å²) in [6.45, 7) is 2.29. The Bertz CT molecular complexity index is 626. The van der Waals surface area contributed by atoms with Crippen molar-refractivity contribution < 1.29 is 4.39 Å². The molecule has 2 aliphatic carbocycles. The molecule has 0 N–H and O–H groups in total. The van der Waals surface area contributed by atoms with Gasteiger partial charge in [-0.1, -0.05) is 57.0 Å². The van der Waals surface area contributed by atoms with Crippen LogP contribution in [0, 0.1) is 34.9 Å². The van der Waals surface area contributed by atoms with Crippen LogP contribution in [0.25, 0.3) is 0 Å². The minimum atomic E-state index is -0.469. The topological polar surface area (TPSA) is 23.8 Å². The Kier molecular flexibility index (Phi) is 7.59. The van der Waals surface area contributed by atoms with Crippen LogP contribution >= 0.6 is 11.6 Å². The first-order valence-electron chi connectivity index (χ1n) is 11.0. The van der Waals surface area contributed by atoms with Gasteiger partial charge in [-0.2, -0.15) is 5.26 Å². The summed E-state index contributed by atoms with van der Waals surface area (Å²) < 4.78 is 14.1. The molecule has 3 rings (SSSR count). The Balaban J connectivity index is 1.48. The first kappa shape index (κ1) is 20.7. The summed E-state index contributed by atoms with van der Waals surface area (Å²) in [5, 5.41) is 9.24. The Morgan fingerprint density at radius 3 is 2.19 bits per heavy atom. The smallest absolute Gasteiger partial charge is 0.142 e. The maximum atomic E-state index is 14.1. The van der Waals surface area contributed by atoms with Gasteiger partial charge in [-0.25, -0.2) is 4.39 Å². The number of hydrogen-bond donors (Lipinski definition) is 0. The van der Waals surface area contributed by atoms with Crippen molar-refractivity contribution in [1.29, 1.82) is 5.26 Å². The molecular formula is C24H33ClFN. The van der Waals surface area contributed by atoms with Crippen LogP contribution in [0.15, 0.2) is 12.1 Å². The molecule has 0 heterocycles. The van der Waals surface area contributed by atoms with Gasteiger partial charge < -0.3 is 0 Å². The van der Waals surface area contributed by atoms with Crippen molar-refractivity contribution in [3.8, 4) is 6.07 Å². The van der Waals surface area contributed by atoms with Gasteiger partial charge in [0.2, 0.25) is 0 Å². The van der Waals surface area contributed by atoms with Gasteiger partial charge in [0.05, 0.1) is 5.02 Å². The maximum Gasteiger partial charge on any atom is 0.142 e. The molecular weight excluding hydrogens is 357 g/mol. The van der Waals surface area contributed by atoms with Crippen LogP contribution in [0.2, 0.25) is 5.02 Å². The normalized spacial score (nSPS) is 28.7. The molecule has 0 aromatic heterocycles. The lowest BCUT2D eigenvalue weighted by molar-refractivity contribution is 0.155. The molecule has 2 saturated carbocycles. The molecule has 0 radical (unpaired) electrons. The molecule has 0 bridgehead atoms. The SMILES string of the molecule is CCCCC[C@H]1CC[C@H](C2CCC(c3cc(F)c(C#N)c(Cl)c3)CC2)CC1. The van der Waals surface area contributed by atoms with Crippen LogP contribution in [0.3, 0.4) is 0 Å². The van der Waals surface area contributed by atoms with E-state index < -0.39 is 5.82 Å². The van der Waals surface area contributed by atoms with E-state index in [4.69, 9.17) is 16.9 Å². The predicted octanol–water partition coefficient (Wildman–Crippen LogP) is 8.01. The lowest BCUT2D eigenvalue weighted by Crippen LogP contribution is -2.25. The monoisotopic (exact) mass is 389 g/mol. The fourth-order valence-corrected chi connectivity index (χ4v) is 5.75. The molecule has 0 saturated heterocycles. The van der Waals surface area contributed by atoms with Crippen molar-refractivity contribution in [2.75, 3.05) is 0 Å². The average molecular weight is 390 g/mol. The first-order valence-corrected chi connectivity index (χ1v) is 11.4. The fourth-order valence-electron chi connectivity index (χ4n) is 5.49. The molecule has 0 atom stereocenters. The summed E-state index contributed by atoms with van der Waals surface area (Å²) in [5.41, 5.74) is 0.958. The summed E-state index contributed by atoms with van der Waals surface area (Å²) in [4.78, 5) is 0. The highest BCUT2D eigenvalue weighted by Crippen LogP contribution is 2.45. The highest BCUT2D eigenvalue weighted by Gasteiger charge is 2.31. The number of halogens is 2. The largest absolute Gasteiger partial charge is 0.205 e. The third-order valence-electron chi connectivity index (χ3n) is 7.19. The zero-order valence-corrected chi connectivity index (χ0v) is 17.4. The highest BCUT2D eigenvalue weighted by molar-refractivity contribution is 6.31. The third kappa shape index (κ3) is 5.26. The summed E-state index contributed by atoms with van der Waals surface area (Å²) in [7, 11) is 0. The van der Waals surface area contributed by atoms with E-state index in [0.717, 1.165) is 36.2 Å². The average Bonchev–Trinajstić information content (AvgIpc) is 2.69. The molecule has 0 aliphatic heterocycles. The van der Waals surface area contributed by atoms with Crippen LogP contribution < -0.4 is 0 Å². The van der Waals surface area contributed by atoms with Gasteiger partial charge in [-0.15, -0.1) is 0 Å². The molecule has 0 amide bonds. The minimum Gasteiger partial charge on any atom is -0.205 e.